The number of carboxylic acids is 2. The minimum absolute atomic E-state index is 0.0728. The molecular weight excluding hydrogens is 412 g/mol. The first-order chi connectivity index (χ1) is 14.2. The lowest BCUT2D eigenvalue weighted by molar-refractivity contribution is -0.140. The second kappa shape index (κ2) is 9.08. The maximum atomic E-state index is 12.3. The quantitative estimate of drug-likeness (QED) is 0.390. The largest absolute Gasteiger partial charge is 0.481 e. The van der Waals surface area contributed by atoms with E-state index >= 15 is 0 Å². The van der Waals surface area contributed by atoms with Gasteiger partial charge >= 0.3 is 11.9 Å². The molecule has 11 heteroatoms. The predicted octanol–water partition coefficient (Wildman–Crippen LogP) is 1.12. The van der Waals surface area contributed by atoms with Crippen molar-refractivity contribution in [2.24, 2.45) is 0 Å². The van der Waals surface area contributed by atoms with E-state index in [9.17, 15) is 19.2 Å². The maximum Gasteiger partial charge on any atom is 0.326 e. The Hall–Kier alpha value is -3.21. The summed E-state index contributed by atoms with van der Waals surface area (Å²) in [7, 11) is 0. The fourth-order valence-corrected chi connectivity index (χ4v) is 4.54. The summed E-state index contributed by atoms with van der Waals surface area (Å²) in [6, 6.07) is 2.15. The van der Waals surface area contributed by atoms with Crippen LogP contribution in [-0.2, 0) is 22.4 Å². The number of nitrogen functional groups attached to an aromatic ring is 1. The number of rotatable bonds is 9. The molecule has 1 aliphatic rings. The lowest BCUT2D eigenvalue weighted by Crippen LogP contribution is -2.40. The Morgan fingerprint density at radius 3 is 2.80 bits per heavy atom. The number of nitrogens with zero attached hydrogens (tertiary/aromatic N) is 1. The van der Waals surface area contributed by atoms with E-state index in [0.717, 1.165) is 23.4 Å². The first-order valence-corrected chi connectivity index (χ1v) is 10.3. The zero-order chi connectivity index (χ0) is 21.8. The molecule has 2 aromatic heterocycles. The lowest BCUT2D eigenvalue weighted by Gasteiger charge is -2.12. The number of hydrogen-bond acceptors (Lipinski definition) is 7. The highest BCUT2D eigenvalue weighted by atomic mass is 32.1. The number of carboxylic acid groups (broad SMARTS) is 2. The Labute approximate surface area is 175 Å². The Bertz CT molecular complexity index is 1030. The van der Waals surface area contributed by atoms with Gasteiger partial charge < -0.3 is 21.3 Å². The third-order valence-electron chi connectivity index (χ3n) is 5.07. The van der Waals surface area contributed by atoms with Gasteiger partial charge in [0.25, 0.3) is 11.5 Å². The van der Waals surface area contributed by atoms with Crippen LogP contribution in [0.1, 0.15) is 57.4 Å². The average molecular weight is 434 g/mol. The van der Waals surface area contributed by atoms with Crippen molar-refractivity contribution >= 4 is 35.1 Å². The topological polar surface area (TPSA) is 175 Å². The molecule has 160 valence electrons. The predicted molar refractivity (Wildman–Crippen MR) is 109 cm³/mol. The molecule has 1 aliphatic carbocycles. The van der Waals surface area contributed by atoms with Gasteiger partial charge in [-0.2, -0.15) is 0 Å². The molecule has 0 saturated heterocycles. The third kappa shape index (κ3) is 5.03. The number of thiophene rings is 1. The van der Waals surface area contributed by atoms with Gasteiger partial charge in [-0.25, -0.2) is 9.78 Å². The van der Waals surface area contributed by atoms with E-state index in [-0.39, 0.29) is 30.3 Å². The van der Waals surface area contributed by atoms with Gasteiger partial charge in [0.05, 0.1) is 10.6 Å². The number of aliphatic carboxylic acids is 2. The highest BCUT2D eigenvalue weighted by molar-refractivity contribution is 7.14. The smallest absolute Gasteiger partial charge is 0.326 e. The molecule has 0 fully saturated rings. The van der Waals surface area contributed by atoms with Crippen LogP contribution in [0.2, 0.25) is 0 Å². The Balaban J connectivity index is 1.59. The molecule has 30 heavy (non-hydrogen) atoms. The van der Waals surface area contributed by atoms with Crippen molar-refractivity contribution in [1.82, 2.24) is 15.3 Å². The van der Waals surface area contributed by atoms with E-state index < -0.39 is 23.9 Å². The van der Waals surface area contributed by atoms with Crippen LogP contribution in [0.3, 0.4) is 0 Å². The van der Waals surface area contributed by atoms with Gasteiger partial charge in [0.15, 0.2) is 0 Å². The molecule has 10 nitrogen and oxygen atoms in total. The molecule has 0 aliphatic heterocycles. The number of H-pyrrole nitrogens is 1. The molecule has 1 amide bonds. The van der Waals surface area contributed by atoms with Crippen molar-refractivity contribution in [3.63, 3.8) is 0 Å². The number of carbonyl (C=O) groups excluding carboxylic acids is 1. The molecular formula is C19H22N4O6S. The maximum absolute atomic E-state index is 12.3. The van der Waals surface area contributed by atoms with E-state index in [2.05, 4.69) is 15.3 Å². The lowest BCUT2D eigenvalue weighted by atomic mass is 9.97. The van der Waals surface area contributed by atoms with Gasteiger partial charge in [0.1, 0.15) is 6.04 Å². The van der Waals surface area contributed by atoms with Crippen LogP contribution in [-0.4, -0.2) is 44.1 Å². The van der Waals surface area contributed by atoms with E-state index in [4.69, 9.17) is 15.9 Å². The van der Waals surface area contributed by atoms with Crippen LogP contribution in [0.15, 0.2) is 16.9 Å². The van der Waals surface area contributed by atoms with E-state index in [1.807, 2.05) is 0 Å². The molecule has 3 rings (SSSR count). The number of fused-ring (bicyclic) bond motifs is 1. The van der Waals surface area contributed by atoms with Gasteiger partial charge in [-0.1, -0.05) is 0 Å². The number of carbonyl (C=O) groups is 3. The standard InChI is InChI=1S/C19H22N4O6S/c20-19-22-11-5-2-9(15(11)17(27)23-19)1-3-10-4-7-13(30-10)16(26)21-12(18(28)29)6-8-14(24)25/h4,7,9,12H,1-3,5-6,8H2,(H,21,26)(H,24,25)(H,28,29)(H3,20,22,23,27)/t9?,12-/m0/s1. The highest BCUT2D eigenvalue weighted by Gasteiger charge is 2.27. The van der Waals surface area contributed by atoms with Gasteiger partial charge in [-0.15, -0.1) is 11.3 Å². The number of aromatic amines is 1. The number of hydrogen-bond donors (Lipinski definition) is 5. The molecule has 2 aromatic rings. The van der Waals surface area contributed by atoms with Crippen molar-refractivity contribution in [1.29, 1.82) is 0 Å². The van der Waals surface area contributed by atoms with Crippen LogP contribution in [0.5, 0.6) is 0 Å². The first-order valence-electron chi connectivity index (χ1n) is 9.47. The molecule has 0 aromatic carbocycles. The number of aromatic nitrogens is 2. The Morgan fingerprint density at radius 1 is 1.33 bits per heavy atom. The minimum Gasteiger partial charge on any atom is -0.481 e. The normalized spacial score (nSPS) is 16.1. The summed E-state index contributed by atoms with van der Waals surface area (Å²) in [4.78, 5) is 54.4. The fraction of sp³-hybridized carbons (Fsp3) is 0.421. The van der Waals surface area contributed by atoms with Crippen molar-refractivity contribution in [2.45, 2.75) is 50.5 Å². The fourth-order valence-electron chi connectivity index (χ4n) is 3.61. The molecule has 0 saturated carbocycles. The number of anilines is 1. The van der Waals surface area contributed by atoms with Crippen LogP contribution in [0.4, 0.5) is 5.95 Å². The SMILES string of the molecule is Nc1nc2c(c(=O)[nH]1)C(CCc1ccc(C(=O)N[C@@H](CCC(=O)O)C(=O)O)s1)CC2. The minimum atomic E-state index is -1.28. The summed E-state index contributed by atoms with van der Waals surface area (Å²) in [5, 5.41) is 20.2. The van der Waals surface area contributed by atoms with E-state index in [1.165, 1.54) is 11.3 Å². The molecule has 2 atom stereocenters. The van der Waals surface area contributed by atoms with E-state index in [1.54, 1.807) is 12.1 Å². The number of aryl methyl sites for hydroxylation is 2. The van der Waals surface area contributed by atoms with E-state index in [0.29, 0.717) is 23.3 Å². The zero-order valence-electron chi connectivity index (χ0n) is 16.0. The molecule has 2 heterocycles. The second-order valence-electron chi connectivity index (χ2n) is 7.15. The number of nitrogens with one attached hydrogen (secondary N) is 2. The highest BCUT2D eigenvalue weighted by Crippen LogP contribution is 2.33. The van der Waals surface area contributed by atoms with Crippen LogP contribution >= 0.6 is 11.3 Å². The number of amides is 1. The van der Waals surface area contributed by atoms with Crippen molar-refractivity contribution in [3.05, 3.63) is 43.5 Å². The van der Waals surface area contributed by atoms with Crippen molar-refractivity contribution in [3.8, 4) is 0 Å². The summed E-state index contributed by atoms with van der Waals surface area (Å²) in [5.74, 6) is -2.76. The molecule has 0 bridgehead atoms. The molecule has 1 unspecified atom stereocenters. The van der Waals surface area contributed by atoms with Crippen LogP contribution in [0, 0.1) is 0 Å². The summed E-state index contributed by atoms with van der Waals surface area (Å²) < 4.78 is 0. The van der Waals surface area contributed by atoms with Crippen molar-refractivity contribution in [2.75, 3.05) is 5.73 Å². The van der Waals surface area contributed by atoms with Gasteiger partial charge in [0, 0.05) is 16.9 Å². The average Bonchev–Trinajstić information content (AvgIpc) is 3.29. The van der Waals surface area contributed by atoms with Crippen molar-refractivity contribution < 1.29 is 24.6 Å². The Kier molecular flexibility index (Phi) is 6.50. The zero-order valence-corrected chi connectivity index (χ0v) is 16.8. The molecule has 6 N–H and O–H groups in total. The Morgan fingerprint density at radius 2 is 2.10 bits per heavy atom. The molecule has 0 spiro atoms. The summed E-state index contributed by atoms with van der Waals surface area (Å²) in [5.41, 5.74) is 6.82. The summed E-state index contributed by atoms with van der Waals surface area (Å²) in [6.07, 6.45) is 2.36. The third-order valence-corrected chi connectivity index (χ3v) is 6.21. The monoisotopic (exact) mass is 434 g/mol. The number of nitrogens with two attached hydrogens (primary N) is 1. The second-order valence-corrected chi connectivity index (χ2v) is 8.32. The van der Waals surface area contributed by atoms with Gasteiger partial charge in [0.2, 0.25) is 5.95 Å². The summed E-state index contributed by atoms with van der Waals surface area (Å²) >= 11 is 1.25. The first kappa shape index (κ1) is 21.5. The van der Waals surface area contributed by atoms with Gasteiger partial charge in [-0.05, 0) is 50.2 Å². The van der Waals surface area contributed by atoms with Gasteiger partial charge in [-0.3, -0.25) is 19.4 Å². The summed E-state index contributed by atoms with van der Waals surface area (Å²) in [6.45, 7) is 0. The van der Waals surface area contributed by atoms with Crippen LogP contribution < -0.4 is 16.6 Å². The molecule has 0 radical (unpaired) electrons. The van der Waals surface area contributed by atoms with Crippen LogP contribution in [0.25, 0.3) is 0 Å².